The second kappa shape index (κ2) is 8.79. The van der Waals surface area contributed by atoms with Crippen LogP contribution in [-0.2, 0) is 4.79 Å². The number of benzene rings is 1. The Morgan fingerprint density at radius 2 is 2.12 bits per heavy atom. The Labute approximate surface area is 150 Å². The van der Waals surface area contributed by atoms with Gasteiger partial charge in [-0.3, -0.25) is 14.6 Å². The third-order valence-electron chi connectivity index (χ3n) is 3.12. The number of nitrogens with one attached hydrogen (secondary N) is 2. The summed E-state index contributed by atoms with van der Waals surface area (Å²) in [7, 11) is 1.51. The molecule has 0 bridgehead atoms. The Morgan fingerprint density at radius 1 is 1.32 bits per heavy atom. The Hall–Kier alpha value is -2.93. The molecule has 0 saturated heterocycles. The first-order valence-corrected chi connectivity index (χ1v) is 7.74. The van der Waals surface area contributed by atoms with Crippen LogP contribution in [0.25, 0.3) is 0 Å². The van der Waals surface area contributed by atoms with Gasteiger partial charge in [0.15, 0.2) is 0 Å². The number of rotatable bonds is 6. The predicted octanol–water partition coefficient (Wildman–Crippen LogP) is 2.88. The van der Waals surface area contributed by atoms with E-state index in [1.54, 1.807) is 43.5 Å². The van der Waals surface area contributed by atoms with Gasteiger partial charge in [-0.25, -0.2) is 5.43 Å². The number of aromatic nitrogens is 1. The molecule has 2 amide bonds. The van der Waals surface area contributed by atoms with E-state index in [9.17, 15) is 9.59 Å². The van der Waals surface area contributed by atoms with Gasteiger partial charge in [0.2, 0.25) is 5.91 Å². The van der Waals surface area contributed by atoms with Crippen LogP contribution in [0.3, 0.4) is 0 Å². The molecular weight excluding hydrogens is 344 g/mol. The quantitative estimate of drug-likeness (QED) is 0.612. The molecule has 0 spiro atoms. The molecule has 0 atom stereocenters. The first kappa shape index (κ1) is 18.4. The number of hydrogen-bond acceptors (Lipinski definition) is 5. The lowest BCUT2D eigenvalue weighted by Crippen LogP contribution is -2.21. The molecule has 0 aliphatic rings. The molecule has 130 valence electrons. The zero-order chi connectivity index (χ0) is 18.2. The average Bonchev–Trinajstić information content (AvgIpc) is 2.60. The fraction of sp³-hybridized carbons (Fsp3) is 0.176. The highest BCUT2D eigenvalue weighted by Gasteiger charge is 2.08. The van der Waals surface area contributed by atoms with Crippen LogP contribution < -0.4 is 15.5 Å². The van der Waals surface area contributed by atoms with Crippen molar-refractivity contribution in [3.63, 3.8) is 0 Å². The number of halogens is 1. The van der Waals surface area contributed by atoms with Crippen molar-refractivity contribution in [1.82, 2.24) is 10.4 Å². The van der Waals surface area contributed by atoms with Crippen molar-refractivity contribution in [3.05, 3.63) is 53.3 Å². The Balaban J connectivity index is 1.89. The molecule has 0 aliphatic carbocycles. The maximum Gasteiger partial charge on any atom is 0.272 e. The number of carbonyl (C=O) groups is 2. The summed E-state index contributed by atoms with van der Waals surface area (Å²) in [6.45, 7) is 1.64. The highest BCUT2D eigenvalue weighted by molar-refractivity contribution is 6.32. The van der Waals surface area contributed by atoms with Crippen LogP contribution in [0.2, 0.25) is 5.02 Å². The van der Waals surface area contributed by atoms with Gasteiger partial charge in [0, 0.05) is 23.8 Å². The smallest absolute Gasteiger partial charge is 0.272 e. The molecule has 0 radical (unpaired) electrons. The van der Waals surface area contributed by atoms with Gasteiger partial charge in [0.05, 0.1) is 24.1 Å². The maximum absolute atomic E-state index is 12.0. The largest absolute Gasteiger partial charge is 0.495 e. The van der Waals surface area contributed by atoms with Crippen LogP contribution in [0, 0.1) is 0 Å². The molecule has 25 heavy (non-hydrogen) atoms. The van der Waals surface area contributed by atoms with Crippen LogP contribution in [0.4, 0.5) is 5.69 Å². The van der Waals surface area contributed by atoms with Crippen LogP contribution in [0.1, 0.15) is 23.7 Å². The van der Waals surface area contributed by atoms with Crippen LogP contribution in [0.5, 0.6) is 5.75 Å². The molecule has 0 aliphatic heterocycles. The lowest BCUT2D eigenvalue weighted by atomic mass is 10.2. The first-order chi connectivity index (χ1) is 12.0. The van der Waals surface area contributed by atoms with E-state index in [1.165, 1.54) is 13.3 Å². The second-order valence-corrected chi connectivity index (χ2v) is 5.51. The van der Waals surface area contributed by atoms with Gasteiger partial charge in [-0.1, -0.05) is 11.6 Å². The normalized spacial score (nSPS) is 10.9. The van der Waals surface area contributed by atoms with Gasteiger partial charge in [0.25, 0.3) is 5.91 Å². The molecule has 8 heteroatoms. The van der Waals surface area contributed by atoms with Crippen LogP contribution in [0.15, 0.2) is 47.8 Å². The van der Waals surface area contributed by atoms with Crippen molar-refractivity contribution in [3.8, 4) is 5.75 Å². The van der Waals surface area contributed by atoms with Crippen molar-refractivity contribution in [1.29, 1.82) is 0 Å². The number of ether oxygens (including phenoxy) is 1. The van der Waals surface area contributed by atoms with Crippen molar-refractivity contribution in [2.45, 2.75) is 13.3 Å². The monoisotopic (exact) mass is 360 g/mol. The zero-order valence-electron chi connectivity index (χ0n) is 13.7. The highest BCUT2D eigenvalue weighted by atomic mass is 35.5. The molecule has 1 aromatic heterocycles. The van der Waals surface area contributed by atoms with Gasteiger partial charge in [0.1, 0.15) is 5.75 Å². The Morgan fingerprint density at radius 3 is 2.76 bits per heavy atom. The third kappa shape index (κ3) is 5.58. The maximum atomic E-state index is 12.0. The van der Waals surface area contributed by atoms with E-state index < -0.39 is 5.91 Å². The number of pyridine rings is 1. The van der Waals surface area contributed by atoms with Crippen LogP contribution >= 0.6 is 11.6 Å². The predicted molar refractivity (Wildman–Crippen MR) is 96.1 cm³/mol. The van der Waals surface area contributed by atoms with Crippen LogP contribution in [-0.4, -0.2) is 29.6 Å². The number of carbonyl (C=O) groups excluding carboxylic acids is 2. The highest BCUT2D eigenvalue weighted by Crippen LogP contribution is 2.27. The van der Waals surface area contributed by atoms with Gasteiger partial charge in [-0.15, -0.1) is 0 Å². The summed E-state index contributed by atoms with van der Waals surface area (Å²) in [6.07, 6.45) is 3.03. The molecule has 2 N–H and O–H groups in total. The minimum atomic E-state index is -0.394. The topological polar surface area (TPSA) is 92.7 Å². The Bertz CT molecular complexity index is 794. The summed E-state index contributed by atoms with van der Waals surface area (Å²) in [6, 6.07) is 8.20. The van der Waals surface area contributed by atoms with Gasteiger partial charge >= 0.3 is 0 Å². The minimum Gasteiger partial charge on any atom is -0.495 e. The number of amides is 2. The SMILES string of the molecule is COc1ccc(NC(=O)C/C(C)=N/NC(=O)c2cccnc2)cc1Cl. The minimum absolute atomic E-state index is 0.0248. The fourth-order valence-electron chi connectivity index (χ4n) is 1.93. The number of hydrogen-bond donors (Lipinski definition) is 2. The molecule has 7 nitrogen and oxygen atoms in total. The molecule has 0 fully saturated rings. The summed E-state index contributed by atoms with van der Waals surface area (Å²) in [5.74, 6) is -0.150. The summed E-state index contributed by atoms with van der Waals surface area (Å²) in [5, 5.41) is 7.01. The molecule has 0 saturated carbocycles. The van der Waals surface area contributed by atoms with E-state index >= 15 is 0 Å². The summed E-state index contributed by atoms with van der Waals surface area (Å²) >= 11 is 6.01. The van der Waals surface area contributed by atoms with E-state index in [4.69, 9.17) is 16.3 Å². The van der Waals surface area contributed by atoms with E-state index in [-0.39, 0.29) is 12.3 Å². The molecular formula is C17H17ClN4O3. The molecule has 2 rings (SSSR count). The number of methoxy groups -OCH3 is 1. The van der Waals surface area contributed by atoms with Gasteiger partial charge < -0.3 is 10.1 Å². The number of anilines is 1. The zero-order valence-corrected chi connectivity index (χ0v) is 14.5. The van der Waals surface area contributed by atoms with Crippen molar-refractivity contribution >= 4 is 34.8 Å². The van der Waals surface area contributed by atoms with E-state index in [0.29, 0.717) is 27.7 Å². The second-order valence-electron chi connectivity index (χ2n) is 5.10. The van der Waals surface area contributed by atoms with Crippen molar-refractivity contribution in [2.75, 3.05) is 12.4 Å². The van der Waals surface area contributed by atoms with Gasteiger partial charge in [-0.05, 0) is 37.3 Å². The summed E-state index contributed by atoms with van der Waals surface area (Å²) in [5.41, 5.74) is 3.77. The standard InChI is InChI=1S/C17H17ClN4O3/c1-11(21-22-17(24)12-4-3-7-19-10-12)8-16(23)20-13-5-6-15(25-2)14(18)9-13/h3-7,9-10H,8H2,1-2H3,(H,20,23)(H,22,24)/b21-11+. The first-order valence-electron chi connectivity index (χ1n) is 7.36. The molecule has 1 aromatic carbocycles. The van der Waals surface area contributed by atoms with Gasteiger partial charge in [-0.2, -0.15) is 5.10 Å². The Kier molecular flexibility index (Phi) is 6.47. The van der Waals surface area contributed by atoms with Crippen molar-refractivity contribution in [2.24, 2.45) is 5.10 Å². The molecule has 2 aromatic rings. The van der Waals surface area contributed by atoms with E-state index in [1.807, 2.05) is 0 Å². The average molecular weight is 361 g/mol. The van der Waals surface area contributed by atoms with E-state index in [0.717, 1.165) is 0 Å². The molecule has 0 unspecified atom stereocenters. The lowest BCUT2D eigenvalue weighted by molar-refractivity contribution is -0.115. The molecule has 1 heterocycles. The number of hydrazone groups is 1. The number of nitrogens with zero attached hydrogens (tertiary/aromatic N) is 2. The third-order valence-corrected chi connectivity index (χ3v) is 3.42. The lowest BCUT2D eigenvalue weighted by Gasteiger charge is -2.08. The fourth-order valence-corrected chi connectivity index (χ4v) is 2.19. The summed E-state index contributed by atoms with van der Waals surface area (Å²) in [4.78, 5) is 27.7. The van der Waals surface area contributed by atoms with E-state index in [2.05, 4.69) is 20.8 Å². The van der Waals surface area contributed by atoms with Crippen molar-refractivity contribution < 1.29 is 14.3 Å². The summed E-state index contributed by atoms with van der Waals surface area (Å²) < 4.78 is 5.05.